The maximum atomic E-state index is 13.4. The lowest BCUT2D eigenvalue weighted by atomic mass is 9.94. The van der Waals surface area contributed by atoms with E-state index in [-0.39, 0.29) is 23.5 Å². The molecule has 1 saturated carbocycles. The van der Waals surface area contributed by atoms with Crippen molar-refractivity contribution in [3.05, 3.63) is 47.0 Å². The van der Waals surface area contributed by atoms with Crippen LogP contribution in [0.25, 0.3) is 0 Å². The molecule has 2 N–H and O–H groups in total. The van der Waals surface area contributed by atoms with Crippen LogP contribution in [0.1, 0.15) is 54.4 Å². The summed E-state index contributed by atoms with van der Waals surface area (Å²) in [6.45, 7) is 2.56. The summed E-state index contributed by atoms with van der Waals surface area (Å²) in [5, 5.41) is 8.89. The molecular formula is C22H26N2O4. The monoisotopic (exact) mass is 382 g/mol. The maximum Gasteiger partial charge on any atom is 0.244 e. The SMILES string of the molecule is Cc1ccc(C(=O)[C@@H]2CC3(CC3)CN2C(=O)[C@@H](CC(=O)NO)CC2=CC2)cc1. The molecule has 3 aliphatic rings. The van der Waals surface area contributed by atoms with E-state index in [9.17, 15) is 14.4 Å². The van der Waals surface area contributed by atoms with Crippen molar-refractivity contribution in [1.82, 2.24) is 10.4 Å². The molecule has 2 amide bonds. The van der Waals surface area contributed by atoms with Crippen molar-refractivity contribution in [3.63, 3.8) is 0 Å². The molecule has 1 aromatic carbocycles. The van der Waals surface area contributed by atoms with Gasteiger partial charge >= 0.3 is 0 Å². The van der Waals surface area contributed by atoms with Crippen LogP contribution < -0.4 is 5.48 Å². The van der Waals surface area contributed by atoms with Crippen molar-refractivity contribution in [1.29, 1.82) is 0 Å². The summed E-state index contributed by atoms with van der Waals surface area (Å²) in [4.78, 5) is 40.0. The molecule has 0 aromatic heterocycles. The van der Waals surface area contributed by atoms with Gasteiger partial charge in [-0.15, -0.1) is 0 Å². The van der Waals surface area contributed by atoms with E-state index < -0.39 is 17.9 Å². The second-order valence-corrected chi connectivity index (χ2v) is 8.62. The number of nitrogens with zero attached hydrogens (tertiary/aromatic N) is 1. The third-order valence-electron chi connectivity index (χ3n) is 6.29. The van der Waals surface area contributed by atoms with Crippen molar-refractivity contribution < 1.29 is 19.6 Å². The number of likely N-dealkylation sites (tertiary alicyclic amines) is 1. The summed E-state index contributed by atoms with van der Waals surface area (Å²) in [7, 11) is 0. The summed E-state index contributed by atoms with van der Waals surface area (Å²) < 4.78 is 0. The minimum atomic E-state index is -0.568. The molecule has 1 spiro atoms. The van der Waals surface area contributed by atoms with Gasteiger partial charge in [0.15, 0.2) is 5.78 Å². The number of hydroxylamine groups is 1. The fraction of sp³-hybridized carbons (Fsp3) is 0.500. The topological polar surface area (TPSA) is 86.7 Å². The Kier molecular flexibility index (Phi) is 4.83. The van der Waals surface area contributed by atoms with Gasteiger partial charge in [0.25, 0.3) is 0 Å². The Labute approximate surface area is 164 Å². The Morgan fingerprint density at radius 3 is 2.50 bits per heavy atom. The molecule has 1 aromatic rings. The number of carbonyl (C=O) groups excluding carboxylic acids is 3. The average molecular weight is 382 g/mol. The van der Waals surface area contributed by atoms with Crippen LogP contribution in [-0.4, -0.2) is 40.3 Å². The number of hydrogen-bond donors (Lipinski definition) is 2. The Balaban J connectivity index is 1.56. The third-order valence-corrected chi connectivity index (χ3v) is 6.29. The van der Waals surface area contributed by atoms with E-state index >= 15 is 0 Å². The van der Waals surface area contributed by atoms with Gasteiger partial charge < -0.3 is 4.90 Å². The van der Waals surface area contributed by atoms with Crippen molar-refractivity contribution in [2.45, 2.75) is 51.5 Å². The molecule has 4 rings (SSSR count). The molecule has 2 atom stereocenters. The highest BCUT2D eigenvalue weighted by Crippen LogP contribution is 2.55. The lowest BCUT2D eigenvalue weighted by Crippen LogP contribution is -2.44. The normalized spacial score (nSPS) is 22.6. The predicted molar refractivity (Wildman–Crippen MR) is 103 cm³/mol. The molecular weight excluding hydrogens is 356 g/mol. The first-order chi connectivity index (χ1) is 13.4. The number of Topliss-reactive ketones (excluding diaryl/α,β-unsaturated/α-hetero) is 1. The van der Waals surface area contributed by atoms with E-state index in [1.165, 1.54) is 0 Å². The van der Waals surface area contributed by atoms with E-state index in [2.05, 4.69) is 0 Å². The predicted octanol–water partition coefficient (Wildman–Crippen LogP) is 2.79. The van der Waals surface area contributed by atoms with Crippen LogP contribution in [0.5, 0.6) is 0 Å². The molecule has 0 unspecified atom stereocenters. The summed E-state index contributed by atoms with van der Waals surface area (Å²) in [6, 6.07) is 7.00. The van der Waals surface area contributed by atoms with Gasteiger partial charge in [-0.3, -0.25) is 19.6 Å². The van der Waals surface area contributed by atoms with Gasteiger partial charge in [0.2, 0.25) is 11.8 Å². The van der Waals surface area contributed by atoms with Crippen LogP contribution in [0.4, 0.5) is 0 Å². The minimum Gasteiger partial charge on any atom is -0.331 e. The second-order valence-electron chi connectivity index (χ2n) is 8.62. The fourth-order valence-corrected chi connectivity index (χ4v) is 4.28. The van der Waals surface area contributed by atoms with Crippen LogP contribution in [0.3, 0.4) is 0 Å². The number of amides is 2. The molecule has 1 saturated heterocycles. The first kappa shape index (κ1) is 18.9. The largest absolute Gasteiger partial charge is 0.331 e. The zero-order valence-electron chi connectivity index (χ0n) is 16.1. The average Bonchev–Trinajstić information content (AvgIpc) is 3.60. The Bertz CT molecular complexity index is 839. The molecule has 28 heavy (non-hydrogen) atoms. The van der Waals surface area contributed by atoms with Gasteiger partial charge in [-0.2, -0.15) is 0 Å². The highest BCUT2D eigenvalue weighted by atomic mass is 16.5. The molecule has 6 heteroatoms. The number of nitrogens with one attached hydrogen (secondary N) is 1. The quantitative estimate of drug-likeness (QED) is 0.329. The number of ketones is 1. The first-order valence-electron chi connectivity index (χ1n) is 9.93. The van der Waals surface area contributed by atoms with E-state index in [0.717, 1.165) is 30.4 Å². The molecule has 0 radical (unpaired) electrons. The van der Waals surface area contributed by atoms with E-state index in [4.69, 9.17) is 5.21 Å². The number of aryl methyl sites for hydroxylation is 1. The van der Waals surface area contributed by atoms with Crippen molar-refractivity contribution in [3.8, 4) is 0 Å². The van der Waals surface area contributed by atoms with Crippen LogP contribution in [0.2, 0.25) is 0 Å². The van der Waals surface area contributed by atoms with Gasteiger partial charge in [-0.1, -0.05) is 41.5 Å². The van der Waals surface area contributed by atoms with Gasteiger partial charge in [0.1, 0.15) is 0 Å². The van der Waals surface area contributed by atoms with Crippen LogP contribution in [0, 0.1) is 18.3 Å². The third kappa shape index (κ3) is 3.87. The highest BCUT2D eigenvalue weighted by Gasteiger charge is 2.55. The molecule has 0 bridgehead atoms. The summed E-state index contributed by atoms with van der Waals surface area (Å²) in [5.74, 6) is -1.27. The zero-order chi connectivity index (χ0) is 19.9. The van der Waals surface area contributed by atoms with Crippen molar-refractivity contribution in [2.24, 2.45) is 11.3 Å². The summed E-state index contributed by atoms with van der Waals surface area (Å²) >= 11 is 0. The Morgan fingerprint density at radius 2 is 1.93 bits per heavy atom. The maximum absolute atomic E-state index is 13.4. The van der Waals surface area contributed by atoms with E-state index in [1.807, 2.05) is 37.3 Å². The fourth-order valence-electron chi connectivity index (χ4n) is 4.28. The highest BCUT2D eigenvalue weighted by molar-refractivity contribution is 6.02. The van der Waals surface area contributed by atoms with Crippen molar-refractivity contribution >= 4 is 17.6 Å². The minimum absolute atomic E-state index is 0.0203. The molecule has 2 fully saturated rings. The second kappa shape index (κ2) is 7.17. The lowest BCUT2D eigenvalue weighted by molar-refractivity contribution is -0.140. The standard InChI is InChI=1S/C22H26N2O4/c1-14-2-6-16(7-3-14)20(26)18-12-22(8-9-22)13-24(18)21(27)17(10-15-4-5-15)11-19(25)23-28/h2-4,6-7,17-18,28H,5,8-13H2,1H3,(H,23,25)/t17-,18+/m1/s1. The molecule has 6 nitrogen and oxygen atoms in total. The van der Waals surface area contributed by atoms with Gasteiger partial charge in [-0.25, -0.2) is 5.48 Å². The van der Waals surface area contributed by atoms with E-state index in [1.54, 1.807) is 10.4 Å². The lowest BCUT2D eigenvalue weighted by Gasteiger charge is -2.28. The Hall–Kier alpha value is -2.47. The molecule has 1 heterocycles. The number of carbonyl (C=O) groups is 3. The molecule has 1 aliphatic heterocycles. The van der Waals surface area contributed by atoms with Crippen LogP contribution >= 0.6 is 0 Å². The van der Waals surface area contributed by atoms with Gasteiger partial charge in [0.05, 0.1) is 12.0 Å². The smallest absolute Gasteiger partial charge is 0.244 e. The summed E-state index contributed by atoms with van der Waals surface area (Å²) in [6.07, 6.45) is 6.15. The molecule has 148 valence electrons. The number of hydrogen-bond acceptors (Lipinski definition) is 4. The van der Waals surface area contributed by atoms with Crippen molar-refractivity contribution in [2.75, 3.05) is 6.54 Å². The van der Waals surface area contributed by atoms with Gasteiger partial charge in [0, 0.05) is 18.5 Å². The number of allylic oxidation sites excluding steroid dienone is 2. The zero-order valence-corrected chi connectivity index (χ0v) is 16.1. The van der Waals surface area contributed by atoms with Crippen LogP contribution in [-0.2, 0) is 9.59 Å². The van der Waals surface area contributed by atoms with Gasteiger partial charge in [-0.05, 0) is 44.4 Å². The first-order valence-corrected chi connectivity index (χ1v) is 9.93. The number of rotatable bonds is 7. The Morgan fingerprint density at radius 1 is 1.25 bits per heavy atom. The summed E-state index contributed by atoms with van der Waals surface area (Å²) in [5.41, 5.74) is 4.57. The number of benzene rings is 1. The van der Waals surface area contributed by atoms with E-state index in [0.29, 0.717) is 24.9 Å². The molecule has 2 aliphatic carbocycles. The van der Waals surface area contributed by atoms with Crippen LogP contribution in [0.15, 0.2) is 35.9 Å².